The number of nitrogens with two attached hydrogens (primary N) is 2. The number of halogens is 10. The van der Waals surface area contributed by atoms with Gasteiger partial charge in [-0.2, -0.15) is 20.4 Å². The van der Waals surface area contributed by atoms with Crippen molar-refractivity contribution in [2.24, 2.45) is 5.73 Å². The molecule has 766 valence electrons. The first kappa shape index (κ1) is 114. The lowest BCUT2D eigenvalue weighted by Crippen LogP contribution is -2.14. The SMILES string of the molecule is COC(=O)c1ccc(CC(=O)CCc2cc(C)nn2-c2cccc(Cl)c2)cc1F.COC(=O)c1ccc(N)cc1F.COC(=O)c1ccc([N+](=O)[O-])cc1F.Cc1cc(CCC(=O)Cc2ccc(C(=O)O)c(F)c2)n(-c2cccc(Cl)c2)n1.Cc1cc(CCC(=O)Cc2ccc(C(N)=O)c(F)c2)n(-c2cccc(Cl)c2)n1.Cc1cc(CCC(=O)Oc2ccccc2)n(-c2cccc(Cl)c2)n1.O=C(O)c1ccc([N+](=O)[O-])cc1F. The van der Waals surface area contributed by atoms with Crippen LogP contribution in [-0.4, -0.2) is 140 Å². The number of nitrogens with zero attached hydrogens (tertiary/aromatic N) is 10. The fraction of sp³-hybridized carbons (Fsp3) is 0.170. The first-order valence-corrected chi connectivity index (χ1v) is 45.8. The molecule has 6 N–H and O–H groups in total. The molecule has 0 aliphatic carbocycles. The number of Topliss-reactive ketones (excluding diaryl/α,β-unsaturated/α-hetero) is 3. The zero-order valence-corrected chi connectivity index (χ0v) is 82.8. The van der Waals surface area contributed by atoms with E-state index in [1.54, 1.807) is 62.6 Å². The summed E-state index contributed by atoms with van der Waals surface area (Å²) < 4.78 is 106. The van der Waals surface area contributed by atoms with E-state index in [-0.39, 0.29) is 96.2 Å². The van der Waals surface area contributed by atoms with Crippen LogP contribution in [0.2, 0.25) is 20.1 Å². The van der Waals surface area contributed by atoms with Crippen molar-refractivity contribution in [1.29, 1.82) is 0 Å². The third-order valence-corrected chi connectivity index (χ3v) is 21.9. The second-order valence-corrected chi connectivity index (χ2v) is 33.8. The van der Waals surface area contributed by atoms with Gasteiger partial charge in [0.15, 0.2) is 0 Å². The molecular weight excluding hydrogens is 2020 g/mol. The van der Waals surface area contributed by atoms with Crippen LogP contribution in [0.5, 0.6) is 5.75 Å². The van der Waals surface area contributed by atoms with E-state index < -0.39 is 103 Å². The second-order valence-electron chi connectivity index (χ2n) is 32.1. The Balaban J connectivity index is 0.000000196. The summed E-state index contributed by atoms with van der Waals surface area (Å²) in [5.74, 6) is -10.8. The quantitative estimate of drug-likeness (QED) is 0.00596. The van der Waals surface area contributed by atoms with Gasteiger partial charge in [-0.05, 0) is 240 Å². The highest BCUT2D eigenvalue weighted by molar-refractivity contribution is 6.31. The van der Waals surface area contributed by atoms with Crippen LogP contribution in [0, 0.1) is 82.8 Å². The number of nitrogen functional groups attached to an aromatic ring is 1. The minimum Gasteiger partial charge on any atom is -0.478 e. The van der Waals surface area contributed by atoms with Crippen molar-refractivity contribution in [1.82, 2.24) is 39.1 Å². The molecule has 0 unspecified atom stereocenters. The van der Waals surface area contributed by atoms with Crippen LogP contribution in [0.4, 0.5) is 43.4 Å². The Morgan fingerprint density at radius 3 is 0.899 bits per heavy atom. The molecule has 1 amide bonds. The summed E-state index contributed by atoms with van der Waals surface area (Å²) in [6.07, 6.45) is 3.32. The standard InChI is InChI=1S/C22H20ClFN2O3.C21H19ClFN3O2.C21H18ClFN2O3.C19H17ClN2O2.C8H6FNO4.C8H8FNO2.C7H4FNO4/c1-14-10-18(26(25-14)17-5-3-4-16(23)13-17)7-8-19(27)11-15-6-9-20(21(24)12-15)22(28)29-2;1-13-9-17(26(25-13)16-4-2-3-15(22)12-16)6-7-18(27)10-14-5-8-19(21(24)28)20(23)11-14;1-13-9-17(25(24-13)16-4-2-3-15(22)12-16)6-7-18(26)10-14-5-8-19(21(27)28)20(23)11-14;1-14-12-17(22(21-14)16-7-5-6-15(20)13-16)10-11-19(23)24-18-8-3-2-4-9-18;1-14-8(11)6-3-2-5(10(12)13)4-7(6)9;1-12-8(11)6-3-2-5(10)4-7(6)9;8-6-3-4(9(12)13)1-2-5(6)7(10)11/h3-6,9-10,12-13H,7-8,11H2,1-2H3;2-5,8-9,11-12H,6-7,10H2,1H3,(H2,24,28);2-5,8-9,11-12H,6-7,10H2,1H3,(H,27,28);2-9,12-13H,10-11H2,1H3;2-4H,1H3;2-4H,10H2,1H3;1-3H,(H,10,11). The number of esters is 4. The van der Waals surface area contributed by atoms with Gasteiger partial charge in [0.2, 0.25) is 0 Å². The molecule has 42 heteroatoms. The number of benzene rings is 11. The summed E-state index contributed by atoms with van der Waals surface area (Å²) in [6, 6.07) is 67.0. The van der Waals surface area contributed by atoms with Crippen molar-refractivity contribution in [3.05, 3.63) is 432 Å². The fourth-order valence-electron chi connectivity index (χ4n) is 14.0. The molecule has 32 nitrogen and oxygen atoms in total. The molecule has 15 rings (SSSR count). The van der Waals surface area contributed by atoms with Crippen molar-refractivity contribution < 1.29 is 113 Å². The molecule has 15 aromatic rings. The molecule has 11 aromatic carbocycles. The number of carboxylic acid groups (broad SMARTS) is 2. The molecule has 0 bridgehead atoms. The summed E-state index contributed by atoms with van der Waals surface area (Å²) in [5.41, 5.74) is 19.8. The molecule has 0 aliphatic heterocycles. The highest BCUT2D eigenvalue weighted by Gasteiger charge is 2.24. The van der Waals surface area contributed by atoms with Crippen LogP contribution in [0.25, 0.3) is 22.7 Å². The maximum Gasteiger partial charge on any atom is 0.340 e. The molecule has 0 atom stereocenters. The molecule has 0 saturated carbocycles. The van der Waals surface area contributed by atoms with Crippen LogP contribution >= 0.6 is 46.4 Å². The first-order valence-electron chi connectivity index (χ1n) is 44.2. The fourth-order valence-corrected chi connectivity index (χ4v) is 14.8. The van der Waals surface area contributed by atoms with E-state index in [2.05, 4.69) is 34.6 Å². The van der Waals surface area contributed by atoms with Gasteiger partial charge >= 0.3 is 35.8 Å². The maximum atomic E-state index is 14.0. The molecule has 0 spiro atoms. The summed E-state index contributed by atoms with van der Waals surface area (Å²) >= 11 is 24.2. The minimum absolute atomic E-state index is 0.0354. The van der Waals surface area contributed by atoms with Gasteiger partial charge in [-0.1, -0.05) is 107 Å². The van der Waals surface area contributed by atoms with E-state index in [4.69, 9.17) is 72.8 Å². The second kappa shape index (κ2) is 55.1. The van der Waals surface area contributed by atoms with Crippen LogP contribution in [-0.2, 0) is 78.3 Å². The highest BCUT2D eigenvalue weighted by atomic mass is 35.5. The third kappa shape index (κ3) is 34.6. The van der Waals surface area contributed by atoms with Gasteiger partial charge in [-0.15, -0.1) is 0 Å². The van der Waals surface area contributed by atoms with E-state index in [0.717, 1.165) is 112 Å². The van der Waals surface area contributed by atoms with Gasteiger partial charge in [0.1, 0.15) is 58.0 Å². The molecule has 0 fully saturated rings. The lowest BCUT2D eigenvalue weighted by atomic mass is 10.0. The number of ketones is 3. The number of non-ortho nitro benzene ring substituents is 2. The number of nitro groups is 2. The lowest BCUT2D eigenvalue weighted by Gasteiger charge is -2.08. The number of amides is 1. The van der Waals surface area contributed by atoms with E-state index in [9.17, 15) is 94.5 Å². The van der Waals surface area contributed by atoms with Gasteiger partial charge in [0, 0.05) is 106 Å². The number of hydrogen-bond acceptors (Lipinski definition) is 23. The molecule has 148 heavy (non-hydrogen) atoms. The monoisotopic (exact) mass is 2110 g/mol. The maximum absolute atomic E-state index is 14.0. The molecule has 0 aliphatic rings. The summed E-state index contributed by atoms with van der Waals surface area (Å²) in [6.45, 7) is 7.57. The van der Waals surface area contributed by atoms with E-state index >= 15 is 0 Å². The largest absolute Gasteiger partial charge is 0.478 e. The van der Waals surface area contributed by atoms with Crippen molar-refractivity contribution in [2.75, 3.05) is 27.1 Å². The summed E-state index contributed by atoms with van der Waals surface area (Å²) in [5, 5.41) is 58.0. The predicted octanol–water partition coefficient (Wildman–Crippen LogP) is 21.3. The number of primary amides is 1. The summed E-state index contributed by atoms with van der Waals surface area (Å²) in [4.78, 5) is 133. The van der Waals surface area contributed by atoms with Crippen LogP contribution in [0.1, 0.15) is 150 Å². The zero-order valence-electron chi connectivity index (χ0n) is 79.8. The number of aromatic carboxylic acids is 2. The number of rotatable bonds is 31. The minimum atomic E-state index is -1.45. The average Bonchev–Trinajstić information content (AvgIpc) is 1.69. The number of ether oxygens (including phenoxy) is 4. The number of aromatic nitrogens is 8. The number of carboxylic acids is 2. The zero-order chi connectivity index (χ0) is 108. The number of carbonyl (C=O) groups is 10. The van der Waals surface area contributed by atoms with Gasteiger partial charge in [-0.3, -0.25) is 44.2 Å². The van der Waals surface area contributed by atoms with Gasteiger partial charge in [0.25, 0.3) is 17.3 Å². The third-order valence-electron chi connectivity index (χ3n) is 20.9. The molecule has 4 heterocycles. The van der Waals surface area contributed by atoms with Gasteiger partial charge in [-0.25, -0.2) is 69.0 Å². The number of carbonyl (C=O) groups excluding carboxylic acids is 8. The molecular formula is C106H92Cl4F6N12O20. The van der Waals surface area contributed by atoms with E-state index in [1.807, 2.05) is 148 Å². The molecule has 0 saturated heterocycles. The van der Waals surface area contributed by atoms with Crippen LogP contribution < -0.4 is 16.2 Å². The van der Waals surface area contributed by atoms with Crippen LogP contribution in [0.3, 0.4) is 0 Å². The Labute approximate surface area is 861 Å². The molecule has 0 radical (unpaired) electrons. The van der Waals surface area contributed by atoms with Crippen molar-refractivity contribution in [3.63, 3.8) is 0 Å². The number of nitro benzene ring substituents is 2. The number of para-hydroxylation sites is 1. The Hall–Kier alpha value is -17.1. The predicted molar refractivity (Wildman–Crippen MR) is 537 cm³/mol. The Morgan fingerprint density at radius 2 is 0.622 bits per heavy atom. The smallest absolute Gasteiger partial charge is 0.340 e. The highest BCUT2D eigenvalue weighted by Crippen LogP contribution is 2.28. The van der Waals surface area contributed by atoms with Gasteiger partial charge < -0.3 is 40.6 Å². The van der Waals surface area contributed by atoms with E-state index in [1.165, 1.54) is 62.8 Å². The van der Waals surface area contributed by atoms with Gasteiger partial charge in [0.05, 0.1) is 129 Å². The molecule has 4 aromatic heterocycles. The number of aryl methyl sites for hydroxylation is 8. The van der Waals surface area contributed by atoms with Crippen molar-refractivity contribution in [2.45, 2.75) is 98.3 Å². The number of hydrogen-bond donors (Lipinski definition) is 4. The first-order chi connectivity index (χ1) is 70.4. The Bertz CT molecular complexity index is 7240. The average molecular weight is 2110 g/mol. The van der Waals surface area contributed by atoms with Crippen molar-refractivity contribution in [3.8, 4) is 28.5 Å². The van der Waals surface area contributed by atoms with Crippen LogP contribution in [0.15, 0.2) is 261 Å². The summed E-state index contributed by atoms with van der Waals surface area (Å²) in [7, 11) is 3.48. The van der Waals surface area contributed by atoms with E-state index in [0.29, 0.717) is 80.3 Å². The Morgan fingerprint density at radius 1 is 0.345 bits per heavy atom. The number of methoxy groups -OCH3 is 3. The lowest BCUT2D eigenvalue weighted by molar-refractivity contribution is -0.385. The number of anilines is 1. The normalized spacial score (nSPS) is 10.4. The Kier molecular flexibility index (Phi) is 42.6. The van der Waals surface area contributed by atoms with Crippen molar-refractivity contribution >= 4 is 123 Å². The topological polar surface area (TPSA) is 458 Å².